The van der Waals surface area contributed by atoms with Gasteiger partial charge in [-0.1, -0.05) is 37.6 Å². The molecule has 0 heterocycles. The van der Waals surface area contributed by atoms with Crippen molar-refractivity contribution in [2.24, 2.45) is 0 Å². The third kappa shape index (κ3) is 3.96. The molecule has 1 aliphatic carbocycles. The summed E-state index contributed by atoms with van der Waals surface area (Å²) in [5.74, 6) is 0.620. The normalized spacial score (nSPS) is 18.1. The minimum atomic E-state index is -4.14. The van der Waals surface area contributed by atoms with E-state index in [-0.39, 0.29) is 0 Å². The summed E-state index contributed by atoms with van der Waals surface area (Å²) in [6, 6.07) is 7.01. The molecule has 0 radical (unpaired) electrons. The first kappa shape index (κ1) is 14.4. The zero-order chi connectivity index (χ0) is 13.9. The molecule has 1 aliphatic rings. The van der Waals surface area contributed by atoms with E-state index in [0.717, 1.165) is 5.56 Å². The topological polar surface area (TPSA) is 12.0 Å². The molecule has 1 fully saturated rings. The molecule has 2 rings (SSSR count). The van der Waals surface area contributed by atoms with Crippen LogP contribution in [0.4, 0.5) is 13.2 Å². The van der Waals surface area contributed by atoms with Gasteiger partial charge in [0.2, 0.25) is 0 Å². The number of halogens is 3. The van der Waals surface area contributed by atoms with Crippen molar-refractivity contribution >= 4 is 0 Å². The summed E-state index contributed by atoms with van der Waals surface area (Å²) in [6.07, 6.45) is -1.28. The molecule has 0 bridgehead atoms. The van der Waals surface area contributed by atoms with Crippen LogP contribution in [0.15, 0.2) is 24.3 Å². The summed E-state index contributed by atoms with van der Waals surface area (Å²) < 4.78 is 37.6. The van der Waals surface area contributed by atoms with Crippen molar-refractivity contribution in [2.45, 2.75) is 50.7 Å². The van der Waals surface area contributed by atoms with Gasteiger partial charge < -0.3 is 5.32 Å². The third-order valence-electron chi connectivity index (χ3n) is 3.80. The highest BCUT2D eigenvalue weighted by molar-refractivity contribution is 5.28. The first-order valence-corrected chi connectivity index (χ1v) is 6.89. The zero-order valence-corrected chi connectivity index (χ0v) is 11.1. The largest absolute Gasteiger partial charge is 0.390 e. The van der Waals surface area contributed by atoms with Gasteiger partial charge in [-0.15, -0.1) is 0 Å². The Balaban J connectivity index is 2.07. The highest BCUT2D eigenvalue weighted by Gasteiger charge is 2.32. The molecule has 0 saturated heterocycles. The second kappa shape index (κ2) is 5.95. The number of alkyl halides is 3. The summed E-state index contributed by atoms with van der Waals surface area (Å²) in [5, 5.41) is 2.91. The van der Waals surface area contributed by atoms with E-state index in [9.17, 15) is 13.2 Å². The zero-order valence-electron chi connectivity index (χ0n) is 11.1. The minimum Gasteiger partial charge on any atom is -0.310 e. The van der Waals surface area contributed by atoms with Crippen LogP contribution in [-0.2, 0) is 0 Å². The van der Waals surface area contributed by atoms with E-state index in [0.29, 0.717) is 12.5 Å². The molecular weight excluding hydrogens is 251 g/mol. The van der Waals surface area contributed by atoms with E-state index in [1.165, 1.54) is 24.8 Å². The van der Waals surface area contributed by atoms with Crippen molar-refractivity contribution in [3.05, 3.63) is 35.4 Å². The fourth-order valence-corrected chi connectivity index (χ4v) is 2.53. The first-order chi connectivity index (χ1) is 8.99. The summed E-state index contributed by atoms with van der Waals surface area (Å²) in [7, 11) is 0. The maximum atomic E-state index is 12.5. The SMILES string of the molecule is CCNC(CC(F)(F)F)c1ccc(C2CCC2)cc1. The maximum Gasteiger partial charge on any atom is 0.390 e. The molecule has 1 aromatic rings. The molecule has 1 saturated carbocycles. The number of benzene rings is 1. The fraction of sp³-hybridized carbons (Fsp3) is 0.600. The first-order valence-electron chi connectivity index (χ1n) is 6.89. The number of hydrogen-bond acceptors (Lipinski definition) is 1. The molecule has 0 amide bonds. The van der Waals surface area contributed by atoms with Gasteiger partial charge >= 0.3 is 6.18 Å². The van der Waals surface area contributed by atoms with Crippen LogP contribution in [0.1, 0.15) is 55.7 Å². The highest BCUT2D eigenvalue weighted by atomic mass is 19.4. The Hall–Kier alpha value is -1.03. The molecule has 0 spiro atoms. The lowest BCUT2D eigenvalue weighted by atomic mass is 9.80. The van der Waals surface area contributed by atoms with Crippen LogP contribution in [0.5, 0.6) is 0 Å². The summed E-state index contributed by atoms with van der Waals surface area (Å²) in [4.78, 5) is 0. The smallest absolute Gasteiger partial charge is 0.310 e. The van der Waals surface area contributed by atoms with Gasteiger partial charge in [-0.2, -0.15) is 13.2 Å². The molecule has 0 aromatic heterocycles. The van der Waals surface area contributed by atoms with Gasteiger partial charge in [0, 0.05) is 6.04 Å². The molecule has 1 unspecified atom stereocenters. The average molecular weight is 271 g/mol. The molecule has 19 heavy (non-hydrogen) atoms. The van der Waals surface area contributed by atoms with Gasteiger partial charge in [0.05, 0.1) is 6.42 Å². The Morgan fingerprint density at radius 1 is 1.21 bits per heavy atom. The van der Waals surface area contributed by atoms with Gasteiger partial charge in [-0.05, 0) is 36.4 Å². The Kier molecular flexibility index (Phi) is 4.50. The number of rotatable bonds is 5. The van der Waals surface area contributed by atoms with Crippen molar-refractivity contribution in [1.82, 2.24) is 5.32 Å². The van der Waals surface area contributed by atoms with E-state index in [2.05, 4.69) is 5.32 Å². The lowest BCUT2D eigenvalue weighted by Crippen LogP contribution is -2.26. The average Bonchev–Trinajstić information content (AvgIpc) is 2.25. The summed E-state index contributed by atoms with van der Waals surface area (Å²) in [5.41, 5.74) is 1.99. The molecule has 4 heteroatoms. The second-order valence-electron chi connectivity index (χ2n) is 5.22. The van der Waals surface area contributed by atoms with E-state index in [4.69, 9.17) is 0 Å². The minimum absolute atomic E-state index is 0.533. The van der Waals surface area contributed by atoms with Crippen LogP contribution >= 0.6 is 0 Å². The van der Waals surface area contributed by atoms with Crippen molar-refractivity contribution < 1.29 is 13.2 Å². The molecule has 0 aliphatic heterocycles. The standard InChI is InChI=1S/C15H20F3N/c1-2-19-14(10-15(16,17)18)13-8-6-12(7-9-13)11-4-3-5-11/h6-9,11,14,19H,2-5,10H2,1H3. The Bertz CT molecular complexity index is 393. The van der Waals surface area contributed by atoms with Crippen LogP contribution < -0.4 is 5.32 Å². The van der Waals surface area contributed by atoms with E-state index in [1.54, 1.807) is 0 Å². The maximum absolute atomic E-state index is 12.5. The van der Waals surface area contributed by atoms with Crippen LogP contribution in [0.2, 0.25) is 0 Å². The van der Waals surface area contributed by atoms with E-state index >= 15 is 0 Å². The van der Waals surface area contributed by atoms with Gasteiger partial charge in [0.1, 0.15) is 0 Å². The predicted molar refractivity (Wildman–Crippen MR) is 70.1 cm³/mol. The monoisotopic (exact) mass is 271 g/mol. The lowest BCUT2D eigenvalue weighted by Gasteiger charge is -2.26. The van der Waals surface area contributed by atoms with Crippen LogP contribution in [0.3, 0.4) is 0 Å². The van der Waals surface area contributed by atoms with E-state index < -0.39 is 18.6 Å². The Morgan fingerprint density at radius 2 is 1.84 bits per heavy atom. The summed E-state index contributed by atoms with van der Waals surface area (Å²) in [6.45, 7) is 2.36. The van der Waals surface area contributed by atoms with Gasteiger partial charge in [-0.3, -0.25) is 0 Å². The molecule has 106 valence electrons. The molecule has 1 nitrogen and oxygen atoms in total. The van der Waals surface area contributed by atoms with Gasteiger partial charge in [0.25, 0.3) is 0 Å². The highest BCUT2D eigenvalue weighted by Crippen LogP contribution is 2.37. The second-order valence-corrected chi connectivity index (χ2v) is 5.22. The fourth-order valence-electron chi connectivity index (χ4n) is 2.53. The quantitative estimate of drug-likeness (QED) is 0.828. The molecule has 1 atom stereocenters. The number of nitrogens with one attached hydrogen (secondary N) is 1. The molecule has 1 aromatic carbocycles. The third-order valence-corrected chi connectivity index (χ3v) is 3.80. The van der Waals surface area contributed by atoms with Gasteiger partial charge in [-0.25, -0.2) is 0 Å². The van der Waals surface area contributed by atoms with Crippen molar-refractivity contribution in [2.75, 3.05) is 6.54 Å². The van der Waals surface area contributed by atoms with Crippen molar-refractivity contribution in [3.63, 3.8) is 0 Å². The van der Waals surface area contributed by atoms with Gasteiger partial charge in [0.15, 0.2) is 0 Å². The Morgan fingerprint density at radius 3 is 2.26 bits per heavy atom. The molecular formula is C15H20F3N. The molecule has 1 N–H and O–H groups in total. The lowest BCUT2D eigenvalue weighted by molar-refractivity contribution is -0.140. The van der Waals surface area contributed by atoms with Crippen molar-refractivity contribution in [1.29, 1.82) is 0 Å². The number of hydrogen-bond donors (Lipinski definition) is 1. The van der Waals surface area contributed by atoms with Crippen molar-refractivity contribution in [3.8, 4) is 0 Å². The Labute approximate surface area is 112 Å². The van der Waals surface area contributed by atoms with Crippen LogP contribution in [0.25, 0.3) is 0 Å². The van der Waals surface area contributed by atoms with Crippen LogP contribution in [0, 0.1) is 0 Å². The van der Waals surface area contributed by atoms with Crippen LogP contribution in [-0.4, -0.2) is 12.7 Å². The van der Waals surface area contributed by atoms with E-state index in [1.807, 2.05) is 31.2 Å². The predicted octanol–water partition coefficient (Wildman–Crippen LogP) is 4.56. The summed E-state index contributed by atoms with van der Waals surface area (Å²) >= 11 is 0.